The molecule has 3 unspecified atom stereocenters. The number of thioether (sulfide) groups is 1. The van der Waals surface area contributed by atoms with E-state index in [1.807, 2.05) is 152 Å². The topological polar surface area (TPSA) is 115 Å². The zero-order valence-corrected chi connectivity index (χ0v) is 35.1. The first-order chi connectivity index (χ1) is 31.0. The van der Waals surface area contributed by atoms with Crippen molar-refractivity contribution in [1.29, 1.82) is 0 Å². The van der Waals surface area contributed by atoms with Crippen LogP contribution in [0.1, 0.15) is 41.1 Å². The molecule has 2 heterocycles. The summed E-state index contributed by atoms with van der Waals surface area (Å²) in [5.41, 5.74) is 9.08. The molecule has 2 amide bonds. The molecular formula is C53H45N3O6S. The number of hydrogen-bond acceptors (Lipinski definition) is 8. The number of anilines is 1. The van der Waals surface area contributed by atoms with E-state index in [-0.39, 0.29) is 24.8 Å². The van der Waals surface area contributed by atoms with E-state index in [0.29, 0.717) is 35.4 Å². The molecule has 1 aliphatic heterocycles. The molecular weight excluding hydrogens is 807 g/mol. The molecule has 0 aliphatic carbocycles. The fourth-order valence-electron chi connectivity index (χ4n) is 7.44. The van der Waals surface area contributed by atoms with E-state index < -0.39 is 6.29 Å². The van der Waals surface area contributed by atoms with Crippen molar-refractivity contribution in [2.24, 2.45) is 0 Å². The number of para-hydroxylation sites is 1. The number of urea groups is 1. The Morgan fingerprint density at radius 1 is 0.651 bits per heavy atom. The van der Waals surface area contributed by atoms with Gasteiger partial charge in [-0.15, -0.1) is 0 Å². The number of aliphatic hydroxyl groups is 1. The first kappa shape index (κ1) is 41.4. The summed E-state index contributed by atoms with van der Waals surface area (Å²) >= 11 is 1.53. The second kappa shape index (κ2) is 19.8. The molecule has 7 aromatic carbocycles. The summed E-state index contributed by atoms with van der Waals surface area (Å²) in [6, 6.07) is 60.9. The summed E-state index contributed by atoms with van der Waals surface area (Å²) in [7, 11) is 0. The highest BCUT2D eigenvalue weighted by atomic mass is 32.2. The van der Waals surface area contributed by atoms with Gasteiger partial charge in [0.25, 0.3) is 5.22 Å². The van der Waals surface area contributed by atoms with Crippen LogP contribution in [0.4, 0.5) is 10.5 Å². The van der Waals surface area contributed by atoms with Crippen LogP contribution >= 0.6 is 11.8 Å². The van der Waals surface area contributed by atoms with Crippen molar-refractivity contribution in [3.8, 4) is 45.2 Å². The number of aromatic nitrogens is 1. The molecule has 1 aromatic heterocycles. The zero-order chi connectivity index (χ0) is 42.8. The van der Waals surface area contributed by atoms with Crippen molar-refractivity contribution in [3.05, 3.63) is 210 Å². The van der Waals surface area contributed by atoms with Gasteiger partial charge in [-0.3, -0.25) is 0 Å². The highest BCUT2D eigenvalue weighted by Gasteiger charge is 2.33. The number of benzene rings is 7. The molecule has 314 valence electrons. The number of nitrogens with zero attached hydrogens (tertiary/aromatic N) is 1. The van der Waals surface area contributed by atoms with Crippen molar-refractivity contribution in [2.45, 2.75) is 43.3 Å². The lowest BCUT2D eigenvalue weighted by Crippen LogP contribution is -2.31. The van der Waals surface area contributed by atoms with Gasteiger partial charge in [-0.05, 0) is 76.3 Å². The molecule has 0 radical (unpaired) electrons. The third kappa shape index (κ3) is 10.6. The second-order valence-corrected chi connectivity index (χ2v) is 16.1. The third-order valence-electron chi connectivity index (χ3n) is 10.7. The van der Waals surface area contributed by atoms with Gasteiger partial charge in [0.1, 0.15) is 17.2 Å². The number of amides is 2. The molecule has 3 atom stereocenters. The normalized spacial score (nSPS) is 16.0. The molecule has 1 saturated heterocycles. The fraction of sp³-hybridized carbons (Fsp3) is 0.132. The molecule has 0 spiro atoms. The molecule has 0 bridgehead atoms. The van der Waals surface area contributed by atoms with Gasteiger partial charge in [-0.1, -0.05) is 151 Å². The Morgan fingerprint density at radius 3 is 2.03 bits per heavy atom. The smallest absolute Gasteiger partial charge is 0.319 e. The monoisotopic (exact) mass is 851 g/mol. The lowest BCUT2D eigenvalue weighted by atomic mass is 9.99. The average molecular weight is 852 g/mol. The van der Waals surface area contributed by atoms with Gasteiger partial charge in [0.15, 0.2) is 12.1 Å². The van der Waals surface area contributed by atoms with E-state index in [0.717, 1.165) is 61.7 Å². The number of rotatable bonds is 14. The number of nitrogens with one attached hydrogen (secondary N) is 2. The highest BCUT2D eigenvalue weighted by Crippen LogP contribution is 2.42. The maximum atomic E-state index is 12.9. The molecule has 10 heteroatoms. The Balaban J connectivity index is 0.884. The van der Waals surface area contributed by atoms with Gasteiger partial charge < -0.3 is 34.4 Å². The first-order valence-electron chi connectivity index (χ1n) is 20.8. The summed E-state index contributed by atoms with van der Waals surface area (Å²) in [4.78, 5) is 17.9. The maximum absolute atomic E-state index is 12.9. The lowest BCUT2D eigenvalue weighted by Gasteiger charge is -2.36. The van der Waals surface area contributed by atoms with E-state index in [1.165, 1.54) is 11.8 Å². The van der Waals surface area contributed by atoms with Crippen molar-refractivity contribution < 1.29 is 28.5 Å². The standard InChI is InChI=1S/C53H45N3O6S/c57-34-36-22-24-38(25-23-36)48-32-47(35-63-53-56-49(39-13-4-1-5-14-39)50(62-53)40-15-6-2-7-16-40)60-51(61-48)43-19-11-18-42(31-43)41-17-10-12-37(30-41)33-54-52(58)55-44-26-28-46(29-27-44)59-45-20-8-3-9-21-45/h1-31,47-48,51,57H,32-35H2,(H2,54,55,58). The molecule has 3 N–H and O–H groups in total. The van der Waals surface area contributed by atoms with Gasteiger partial charge in [0.05, 0.1) is 18.8 Å². The summed E-state index contributed by atoms with van der Waals surface area (Å²) in [5, 5.41) is 16.2. The summed E-state index contributed by atoms with van der Waals surface area (Å²) in [6.07, 6.45) is -0.483. The molecule has 0 saturated carbocycles. The van der Waals surface area contributed by atoms with E-state index in [9.17, 15) is 9.90 Å². The number of oxazole rings is 1. The largest absolute Gasteiger partial charge is 0.457 e. The number of hydrogen-bond donors (Lipinski definition) is 3. The molecule has 63 heavy (non-hydrogen) atoms. The molecule has 8 aromatic rings. The van der Waals surface area contributed by atoms with E-state index in [4.69, 9.17) is 23.6 Å². The predicted molar refractivity (Wildman–Crippen MR) is 247 cm³/mol. The minimum Gasteiger partial charge on any atom is -0.457 e. The molecule has 1 fully saturated rings. The Hall–Kier alpha value is -6.95. The number of aliphatic hydroxyl groups excluding tert-OH is 1. The van der Waals surface area contributed by atoms with Crippen molar-refractivity contribution >= 4 is 23.5 Å². The van der Waals surface area contributed by atoms with Crippen LogP contribution in [-0.2, 0) is 22.6 Å². The van der Waals surface area contributed by atoms with E-state index >= 15 is 0 Å². The molecule has 9 rings (SSSR count). The van der Waals surface area contributed by atoms with E-state index in [1.54, 1.807) is 12.1 Å². The van der Waals surface area contributed by atoms with Crippen LogP contribution in [0.3, 0.4) is 0 Å². The van der Waals surface area contributed by atoms with Crippen LogP contribution < -0.4 is 15.4 Å². The highest BCUT2D eigenvalue weighted by molar-refractivity contribution is 7.99. The Kier molecular flexibility index (Phi) is 13.0. The van der Waals surface area contributed by atoms with Gasteiger partial charge in [-0.2, -0.15) is 0 Å². The predicted octanol–water partition coefficient (Wildman–Crippen LogP) is 12.6. The van der Waals surface area contributed by atoms with Gasteiger partial charge in [0.2, 0.25) is 0 Å². The van der Waals surface area contributed by atoms with Gasteiger partial charge in [-0.25, -0.2) is 9.78 Å². The minimum atomic E-state index is -0.649. The van der Waals surface area contributed by atoms with Crippen LogP contribution in [0.25, 0.3) is 33.7 Å². The second-order valence-electron chi connectivity index (χ2n) is 15.1. The first-order valence-corrected chi connectivity index (χ1v) is 21.8. The van der Waals surface area contributed by atoms with Crippen molar-refractivity contribution in [1.82, 2.24) is 10.3 Å². The third-order valence-corrected chi connectivity index (χ3v) is 11.6. The summed E-state index contributed by atoms with van der Waals surface area (Å²) in [5.74, 6) is 2.74. The van der Waals surface area contributed by atoms with E-state index in [2.05, 4.69) is 34.9 Å². The van der Waals surface area contributed by atoms with Crippen LogP contribution in [0.15, 0.2) is 198 Å². The van der Waals surface area contributed by atoms with Crippen LogP contribution in [-0.4, -0.2) is 28.0 Å². The Bertz CT molecular complexity index is 2670. The SMILES string of the molecule is O=C(NCc1cccc(-c2cccc(C3OC(CSc4nc(-c5ccccc5)c(-c5ccccc5)o4)CC(c4ccc(CO)cc4)O3)c2)c1)Nc1ccc(Oc2ccccc2)cc1. The number of ether oxygens (including phenoxy) is 3. The average Bonchev–Trinajstić information content (AvgIpc) is 3.79. The number of carbonyl (C=O) groups excluding carboxylic acids is 1. The summed E-state index contributed by atoms with van der Waals surface area (Å²) in [6.45, 7) is 0.310. The van der Waals surface area contributed by atoms with Crippen LogP contribution in [0, 0.1) is 0 Å². The quantitative estimate of drug-likeness (QED) is 0.0927. The Labute approximate surface area is 370 Å². The van der Waals surface area contributed by atoms with Crippen molar-refractivity contribution in [3.63, 3.8) is 0 Å². The lowest BCUT2D eigenvalue weighted by molar-refractivity contribution is -0.245. The number of carbonyl (C=O) groups is 1. The van der Waals surface area contributed by atoms with Crippen molar-refractivity contribution in [2.75, 3.05) is 11.1 Å². The van der Waals surface area contributed by atoms with Gasteiger partial charge in [0, 0.05) is 41.1 Å². The molecule has 1 aliphatic rings. The minimum absolute atomic E-state index is 0.0272. The summed E-state index contributed by atoms with van der Waals surface area (Å²) < 4.78 is 25.8. The fourth-order valence-corrected chi connectivity index (χ4v) is 8.28. The Morgan fingerprint density at radius 2 is 1.30 bits per heavy atom. The van der Waals surface area contributed by atoms with Crippen LogP contribution in [0.2, 0.25) is 0 Å². The van der Waals surface area contributed by atoms with Crippen LogP contribution in [0.5, 0.6) is 11.5 Å². The zero-order valence-electron chi connectivity index (χ0n) is 34.3. The van der Waals surface area contributed by atoms with Gasteiger partial charge >= 0.3 is 6.03 Å². The molecule has 9 nitrogen and oxygen atoms in total. The maximum Gasteiger partial charge on any atom is 0.319 e.